The van der Waals surface area contributed by atoms with Crippen molar-refractivity contribution >= 4 is 23.7 Å². The van der Waals surface area contributed by atoms with Crippen molar-refractivity contribution in [3.8, 4) is 11.3 Å². The molecule has 1 aliphatic rings. The topological polar surface area (TPSA) is 42.1 Å². The molecule has 2 N–H and O–H groups in total. The van der Waals surface area contributed by atoms with E-state index in [-0.39, 0.29) is 12.4 Å². The van der Waals surface area contributed by atoms with E-state index < -0.39 is 0 Å². The lowest BCUT2D eigenvalue weighted by Crippen LogP contribution is -2.31. The second kappa shape index (κ2) is 6.88. The molecule has 1 aromatic heterocycles. The van der Waals surface area contributed by atoms with Crippen molar-refractivity contribution in [3.05, 3.63) is 40.7 Å². The van der Waals surface area contributed by atoms with Crippen molar-refractivity contribution < 1.29 is 0 Å². The van der Waals surface area contributed by atoms with Gasteiger partial charge in [-0.1, -0.05) is 37.3 Å². The van der Waals surface area contributed by atoms with Gasteiger partial charge >= 0.3 is 0 Å². The lowest BCUT2D eigenvalue weighted by Gasteiger charge is -2.21. The maximum atomic E-state index is 5.86. The van der Waals surface area contributed by atoms with Gasteiger partial charge in [0.05, 0.1) is 12.2 Å². The van der Waals surface area contributed by atoms with E-state index in [1.807, 2.05) is 6.07 Å². The van der Waals surface area contributed by atoms with E-state index in [1.54, 1.807) is 11.3 Å². The predicted molar refractivity (Wildman–Crippen MR) is 91.9 cm³/mol. The van der Waals surface area contributed by atoms with E-state index in [4.69, 9.17) is 10.7 Å². The summed E-state index contributed by atoms with van der Waals surface area (Å²) in [6.07, 6.45) is 1.19. The fraction of sp³-hybridized carbons (Fsp3) is 0.438. The van der Waals surface area contributed by atoms with Crippen LogP contribution in [0, 0.1) is 5.41 Å². The van der Waals surface area contributed by atoms with Gasteiger partial charge in [-0.3, -0.25) is 4.90 Å². The zero-order valence-electron chi connectivity index (χ0n) is 12.3. The summed E-state index contributed by atoms with van der Waals surface area (Å²) in [7, 11) is 0. The molecule has 0 aliphatic carbocycles. The van der Waals surface area contributed by atoms with Crippen LogP contribution in [0.1, 0.15) is 18.4 Å². The van der Waals surface area contributed by atoms with Crippen LogP contribution in [0.25, 0.3) is 11.3 Å². The van der Waals surface area contributed by atoms with Crippen molar-refractivity contribution in [2.75, 3.05) is 19.6 Å². The van der Waals surface area contributed by atoms with Crippen molar-refractivity contribution in [1.29, 1.82) is 0 Å². The van der Waals surface area contributed by atoms with Crippen LogP contribution in [-0.4, -0.2) is 29.5 Å². The molecule has 0 saturated carbocycles. The molecule has 3 rings (SSSR count). The molecule has 1 aliphatic heterocycles. The van der Waals surface area contributed by atoms with Gasteiger partial charge in [-0.15, -0.1) is 23.7 Å². The monoisotopic (exact) mass is 323 g/mol. The van der Waals surface area contributed by atoms with Crippen LogP contribution in [0.2, 0.25) is 0 Å². The van der Waals surface area contributed by atoms with Crippen molar-refractivity contribution in [3.63, 3.8) is 0 Å². The molecule has 21 heavy (non-hydrogen) atoms. The Balaban J connectivity index is 0.00000161. The second-order valence-electron chi connectivity index (χ2n) is 5.97. The molecule has 0 bridgehead atoms. The lowest BCUT2D eigenvalue weighted by molar-refractivity contribution is 0.274. The highest BCUT2D eigenvalue weighted by atomic mass is 35.5. The number of halogens is 1. The van der Waals surface area contributed by atoms with Gasteiger partial charge in [0.15, 0.2) is 0 Å². The van der Waals surface area contributed by atoms with Gasteiger partial charge in [0.1, 0.15) is 5.01 Å². The van der Waals surface area contributed by atoms with Gasteiger partial charge in [-0.25, -0.2) is 4.98 Å². The van der Waals surface area contributed by atoms with Crippen molar-refractivity contribution in [1.82, 2.24) is 9.88 Å². The number of hydrogen-bond acceptors (Lipinski definition) is 4. The number of hydrogen-bond donors (Lipinski definition) is 1. The molecule has 0 radical (unpaired) electrons. The lowest BCUT2D eigenvalue weighted by atomic mass is 9.90. The molecule has 1 atom stereocenters. The van der Waals surface area contributed by atoms with Gasteiger partial charge in [0.2, 0.25) is 0 Å². The smallest absolute Gasteiger partial charge is 0.107 e. The molecule has 5 heteroatoms. The summed E-state index contributed by atoms with van der Waals surface area (Å²) in [6, 6.07) is 10.4. The Morgan fingerprint density at radius 1 is 1.33 bits per heavy atom. The van der Waals surface area contributed by atoms with E-state index in [0.29, 0.717) is 5.41 Å². The summed E-state index contributed by atoms with van der Waals surface area (Å²) >= 11 is 1.75. The van der Waals surface area contributed by atoms with E-state index in [1.165, 1.54) is 17.0 Å². The largest absolute Gasteiger partial charge is 0.330 e. The Hall–Kier alpha value is -0.940. The number of thiazole rings is 1. The average molecular weight is 324 g/mol. The van der Waals surface area contributed by atoms with Gasteiger partial charge in [0, 0.05) is 17.5 Å². The Bertz CT molecular complexity index is 572. The maximum Gasteiger partial charge on any atom is 0.107 e. The molecule has 3 nitrogen and oxygen atoms in total. The third kappa shape index (κ3) is 3.83. The van der Waals surface area contributed by atoms with E-state index >= 15 is 0 Å². The number of nitrogens with zero attached hydrogens (tertiary/aromatic N) is 2. The first-order valence-electron chi connectivity index (χ1n) is 7.11. The predicted octanol–water partition coefficient (Wildman–Crippen LogP) is 3.40. The van der Waals surface area contributed by atoms with Crippen LogP contribution >= 0.6 is 23.7 Å². The molecular weight excluding hydrogens is 302 g/mol. The molecule has 1 aromatic carbocycles. The van der Waals surface area contributed by atoms with Crippen LogP contribution in [0.4, 0.5) is 0 Å². The van der Waals surface area contributed by atoms with Crippen LogP contribution in [0.15, 0.2) is 35.7 Å². The number of likely N-dealkylation sites (tertiary alicyclic amines) is 1. The SMILES string of the molecule is CC1(CN)CCN(Cc2nc(-c3ccccc3)cs2)C1.Cl. The zero-order chi connectivity index (χ0) is 14.0. The zero-order valence-corrected chi connectivity index (χ0v) is 13.9. The highest BCUT2D eigenvalue weighted by Crippen LogP contribution is 2.30. The highest BCUT2D eigenvalue weighted by molar-refractivity contribution is 7.09. The molecule has 1 saturated heterocycles. The summed E-state index contributed by atoms with van der Waals surface area (Å²) < 4.78 is 0. The molecular formula is C16H22ClN3S. The van der Waals surface area contributed by atoms with Gasteiger partial charge in [-0.2, -0.15) is 0 Å². The highest BCUT2D eigenvalue weighted by Gasteiger charge is 2.32. The Labute approximate surface area is 136 Å². The number of benzene rings is 1. The second-order valence-corrected chi connectivity index (χ2v) is 6.91. The molecule has 0 spiro atoms. The summed E-state index contributed by atoms with van der Waals surface area (Å²) in [4.78, 5) is 7.24. The third-order valence-electron chi connectivity index (χ3n) is 4.11. The van der Waals surface area contributed by atoms with Crippen molar-refractivity contribution in [2.24, 2.45) is 11.1 Å². The molecule has 2 heterocycles. The Morgan fingerprint density at radius 3 is 2.76 bits per heavy atom. The molecule has 1 fully saturated rings. The minimum atomic E-state index is 0. The standard InChI is InChI=1S/C16H21N3S.ClH/c1-16(11-17)7-8-19(12-16)9-15-18-14(10-20-15)13-5-3-2-4-6-13;/h2-6,10H,7-9,11-12,17H2,1H3;1H. The van der Waals surface area contributed by atoms with Gasteiger partial charge < -0.3 is 5.73 Å². The van der Waals surface area contributed by atoms with E-state index in [0.717, 1.165) is 31.9 Å². The first-order valence-corrected chi connectivity index (χ1v) is 7.99. The normalized spacial score (nSPS) is 22.2. The molecule has 114 valence electrons. The fourth-order valence-electron chi connectivity index (χ4n) is 2.74. The van der Waals surface area contributed by atoms with Crippen molar-refractivity contribution in [2.45, 2.75) is 19.9 Å². The minimum absolute atomic E-state index is 0. The number of rotatable bonds is 4. The third-order valence-corrected chi connectivity index (χ3v) is 4.94. The Kier molecular flexibility index (Phi) is 5.38. The first-order chi connectivity index (χ1) is 9.68. The van der Waals surface area contributed by atoms with Crippen LogP contribution in [0.3, 0.4) is 0 Å². The first kappa shape index (κ1) is 16.4. The van der Waals surface area contributed by atoms with Gasteiger partial charge in [-0.05, 0) is 24.9 Å². The summed E-state index contributed by atoms with van der Waals surface area (Å²) in [6.45, 7) is 6.23. The van der Waals surface area contributed by atoms with Crippen LogP contribution in [0.5, 0.6) is 0 Å². The maximum absolute atomic E-state index is 5.86. The summed E-state index contributed by atoms with van der Waals surface area (Å²) in [5, 5.41) is 3.35. The summed E-state index contributed by atoms with van der Waals surface area (Å²) in [5.74, 6) is 0. The van der Waals surface area contributed by atoms with E-state index in [2.05, 4.69) is 41.5 Å². The molecule has 2 aromatic rings. The minimum Gasteiger partial charge on any atom is -0.330 e. The number of aromatic nitrogens is 1. The average Bonchev–Trinajstić information content (AvgIpc) is 3.08. The fourth-order valence-corrected chi connectivity index (χ4v) is 3.59. The van der Waals surface area contributed by atoms with E-state index in [9.17, 15) is 0 Å². The number of nitrogens with two attached hydrogens (primary N) is 1. The Morgan fingerprint density at radius 2 is 2.10 bits per heavy atom. The molecule has 1 unspecified atom stereocenters. The van der Waals surface area contributed by atoms with Gasteiger partial charge in [0.25, 0.3) is 0 Å². The molecule has 0 amide bonds. The summed E-state index contributed by atoms with van der Waals surface area (Å²) in [5.41, 5.74) is 8.44. The van der Waals surface area contributed by atoms with Crippen LogP contribution < -0.4 is 5.73 Å². The quantitative estimate of drug-likeness (QED) is 0.937. The van der Waals surface area contributed by atoms with Crippen LogP contribution in [-0.2, 0) is 6.54 Å².